The number of halogens is 1. The normalized spacial score (nSPS) is 16.6. The van der Waals surface area contributed by atoms with Crippen LogP contribution in [0.5, 0.6) is 5.75 Å². The molecule has 2 rings (SSSR count). The van der Waals surface area contributed by atoms with E-state index in [1.165, 1.54) is 11.4 Å². The number of rotatable bonds is 7. The molecule has 0 aliphatic carbocycles. The van der Waals surface area contributed by atoms with Crippen molar-refractivity contribution >= 4 is 33.2 Å². The molecule has 1 aliphatic rings. The molecule has 0 bridgehead atoms. The lowest BCUT2D eigenvalue weighted by atomic mass is 9.97. The lowest BCUT2D eigenvalue weighted by molar-refractivity contribution is -0.120. The summed E-state index contributed by atoms with van der Waals surface area (Å²) in [6.07, 6.45) is 2.54. The molecule has 1 fully saturated rings. The molecule has 0 radical (unpaired) electrons. The molecule has 0 spiro atoms. The smallest absolute Gasteiger partial charge is 0.227 e. The Morgan fingerprint density at radius 2 is 2.04 bits per heavy atom. The fourth-order valence-electron chi connectivity index (χ4n) is 2.86. The van der Waals surface area contributed by atoms with E-state index in [4.69, 9.17) is 16.3 Å². The van der Waals surface area contributed by atoms with Gasteiger partial charge in [0.25, 0.3) is 0 Å². The van der Waals surface area contributed by atoms with Crippen LogP contribution in [-0.4, -0.2) is 44.6 Å². The van der Waals surface area contributed by atoms with Crippen molar-refractivity contribution < 1.29 is 17.9 Å². The third kappa shape index (κ3) is 5.33. The number of anilines is 1. The first-order valence-electron chi connectivity index (χ1n) is 8.49. The summed E-state index contributed by atoms with van der Waals surface area (Å²) < 4.78 is 31.2. The standard InChI is InChI=1S/C17H25ClN2O4S/c1-3-4-11-25(22,23)20-9-7-13(8-10-20)17(21)19-15-12-14(18)5-6-16(15)24-2/h5-6,12-13H,3-4,7-11H2,1-2H3,(H,19,21). The van der Waals surface area contributed by atoms with E-state index in [0.717, 1.165) is 6.42 Å². The van der Waals surface area contributed by atoms with Crippen molar-refractivity contribution in [1.82, 2.24) is 4.31 Å². The molecule has 0 unspecified atom stereocenters. The van der Waals surface area contributed by atoms with Gasteiger partial charge in [0.05, 0.1) is 18.6 Å². The second-order valence-electron chi connectivity index (χ2n) is 6.18. The van der Waals surface area contributed by atoms with Crippen molar-refractivity contribution in [2.75, 3.05) is 31.3 Å². The lowest BCUT2D eigenvalue weighted by Crippen LogP contribution is -2.42. The molecule has 140 valence electrons. The summed E-state index contributed by atoms with van der Waals surface area (Å²) in [5.74, 6) is 0.366. The first-order valence-corrected chi connectivity index (χ1v) is 10.5. The monoisotopic (exact) mass is 388 g/mol. The van der Waals surface area contributed by atoms with E-state index in [1.807, 2.05) is 6.92 Å². The molecule has 1 amide bonds. The third-order valence-electron chi connectivity index (χ3n) is 4.39. The number of carbonyl (C=O) groups is 1. The molecule has 1 aromatic carbocycles. The van der Waals surface area contributed by atoms with Gasteiger partial charge in [0, 0.05) is 24.0 Å². The Hall–Kier alpha value is -1.31. The average Bonchev–Trinajstić information content (AvgIpc) is 2.60. The average molecular weight is 389 g/mol. The minimum Gasteiger partial charge on any atom is -0.495 e. The Labute approximate surface area is 154 Å². The van der Waals surface area contributed by atoms with E-state index in [9.17, 15) is 13.2 Å². The topological polar surface area (TPSA) is 75.7 Å². The Morgan fingerprint density at radius 3 is 2.64 bits per heavy atom. The van der Waals surface area contributed by atoms with E-state index < -0.39 is 10.0 Å². The number of nitrogens with one attached hydrogen (secondary N) is 1. The molecule has 1 N–H and O–H groups in total. The van der Waals surface area contributed by atoms with Gasteiger partial charge in [-0.2, -0.15) is 0 Å². The summed E-state index contributed by atoms with van der Waals surface area (Å²) in [6, 6.07) is 5.03. The number of methoxy groups -OCH3 is 1. The zero-order valence-electron chi connectivity index (χ0n) is 14.6. The van der Waals surface area contributed by atoms with Crippen molar-refractivity contribution in [2.45, 2.75) is 32.6 Å². The van der Waals surface area contributed by atoms with Crippen molar-refractivity contribution in [3.8, 4) is 5.75 Å². The van der Waals surface area contributed by atoms with Crippen LogP contribution in [0, 0.1) is 5.92 Å². The number of unbranched alkanes of at least 4 members (excludes halogenated alkanes) is 1. The van der Waals surface area contributed by atoms with Crippen molar-refractivity contribution in [2.24, 2.45) is 5.92 Å². The minimum absolute atomic E-state index is 0.133. The van der Waals surface area contributed by atoms with Gasteiger partial charge in [-0.3, -0.25) is 4.79 Å². The van der Waals surface area contributed by atoms with Crippen LogP contribution in [0.1, 0.15) is 32.6 Å². The number of piperidine rings is 1. The number of benzene rings is 1. The van der Waals surface area contributed by atoms with Crippen LogP contribution >= 0.6 is 11.6 Å². The Kier molecular flexibility index (Phi) is 7.10. The molecular weight excluding hydrogens is 364 g/mol. The van der Waals surface area contributed by atoms with E-state index in [1.54, 1.807) is 18.2 Å². The van der Waals surface area contributed by atoms with Gasteiger partial charge in [0.1, 0.15) is 5.75 Å². The molecule has 1 saturated heterocycles. The van der Waals surface area contributed by atoms with Crippen LogP contribution in [-0.2, 0) is 14.8 Å². The van der Waals surface area contributed by atoms with Crippen LogP contribution in [0.3, 0.4) is 0 Å². The fraction of sp³-hybridized carbons (Fsp3) is 0.588. The minimum atomic E-state index is -3.21. The number of nitrogens with zero attached hydrogens (tertiary/aromatic N) is 1. The predicted octanol–water partition coefficient (Wildman–Crippen LogP) is 3.13. The van der Waals surface area contributed by atoms with Crippen LogP contribution < -0.4 is 10.1 Å². The fourth-order valence-corrected chi connectivity index (χ4v) is 4.72. The van der Waals surface area contributed by atoms with Gasteiger partial charge in [-0.25, -0.2) is 12.7 Å². The quantitative estimate of drug-likeness (QED) is 0.778. The maximum atomic E-state index is 12.5. The molecule has 0 saturated carbocycles. The van der Waals surface area contributed by atoms with Crippen molar-refractivity contribution in [3.63, 3.8) is 0 Å². The molecule has 1 heterocycles. The number of carbonyl (C=O) groups excluding carboxylic acids is 1. The SMILES string of the molecule is CCCCS(=O)(=O)N1CCC(C(=O)Nc2cc(Cl)ccc2OC)CC1. The van der Waals surface area contributed by atoms with Gasteiger partial charge >= 0.3 is 0 Å². The molecule has 0 aromatic heterocycles. The Morgan fingerprint density at radius 1 is 1.36 bits per heavy atom. The molecule has 8 heteroatoms. The second kappa shape index (κ2) is 8.87. The molecule has 0 atom stereocenters. The van der Waals surface area contributed by atoms with Crippen LogP contribution in [0.15, 0.2) is 18.2 Å². The number of ether oxygens (including phenoxy) is 1. The largest absolute Gasteiger partial charge is 0.495 e. The zero-order valence-corrected chi connectivity index (χ0v) is 16.2. The van der Waals surface area contributed by atoms with Gasteiger partial charge in [-0.05, 0) is 37.5 Å². The maximum absolute atomic E-state index is 12.5. The third-order valence-corrected chi connectivity index (χ3v) is 6.58. The Balaban J connectivity index is 1.95. The lowest BCUT2D eigenvalue weighted by Gasteiger charge is -2.30. The number of hydrogen-bond donors (Lipinski definition) is 1. The van der Waals surface area contributed by atoms with Crippen LogP contribution in [0.2, 0.25) is 5.02 Å². The zero-order chi connectivity index (χ0) is 18.4. The van der Waals surface area contributed by atoms with Gasteiger partial charge in [0.2, 0.25) is 15.9 Å². The first kappa shape index (κ1) is 20.0. The van der Waals surface area contributed by atoms with E-state index in [2.05, 4.69) is 5.32 Å². The van der Waals surface area contributed by atoms with E-state index in [0.29, 0.717) is 48.8 Å². The van der Waals surface area contributed by atoms with Crippen molar-refractivity contribution in [1.29, 1.82) is 0 Å². The molecule has 1 aromatic rings. The number of amides is 1. The molecule has 1 aliphatic heterocycles. The predicted molar refractivity (Wildman–Crippen MR) is 99.6 cm³/mol. The van der Waals surface area contributed by atoms with E-state index in [-0.39, 0.29) is 17.6 Å². The number of sulfonamides is 1. The van der Waals surface area contributed by atoms with E-state index >= 15 is 0 Å². The molecule has 25 heavy (non-hydrogen) atoms. The first-order chi connectivity index (χ1) is 11.9. The van der Waals surface area contributed by atoms with Gasteiger partial charge < -0.3 is 10.1 Å². The summed E-state index contributed by atoms with van der Waals surface area (Å²) >= 11 is 5.97. The highest BCUT2D eigenvalue weighted by Crippen LogP contribution is 2.29. The van der Waals surface area contributed by atoms with Crippen LogP contribution in [0.4, 0.5) is 5.69 Å². The summed E-state index contributed by atoms with van der Waals surface area (Å²) in [4.78, 5) is 12.5. The van der Waals surface area contributed by atoms with Gasteiger partial charge in [-0.15, -0.1) is 0 Å². The highest BCUT2D eigenvalue weighted by Gasteiger charge is 2.31. The molecular formula is C17H25ClN2O4S. The summed E-state index contributed by atoms with van der Waals surface area (Å²) in [5.41, 5.74) is 0.526. The summed E-state index contributed by atoms with van der Waals surface area (Å²) in [5, 5.41) is 3.35. The van der Waals surface area contributed by atoms with Crippen molar-refractivity contribution in [3.05, 3.63) is 23.2 Å². The summed E-state index contributed by atoms with van der Waals surface area (Å²) in [6.45, 7) is 2.74. The second-order valence-corrected chi connectivity index (χ2v) is 8.70. The van der Waals surface area contributed by atoms with Crippen LogP contribution in [0.25, 0.3) is 0 Å². The maximum Gasteiger partial charge on any atom is 0.227 e. The molecule has 6 nitrogen and oxygen atoms in total. The number of hydrogen-bond acceptors (Lipinski definition) is 4. The highest BCUT2D eigenvalue weighted by molar-refractivity contribution is 7.89. The van der Waals surface area contributed by atoms with Gasteiger partial charge in [0.15, 0.2) is 0 Å². The highest BCUT2D eigenvalue weighted by atomic mass is 35.5. The van der Waals surface area contributed by atoms with Gasteiger partial charge in [-0.1, -0.05) is 24.9 Å². The Bertz CT molecular complexity index is 701. The summed E-state index contributed by atoms with van der Waals surface area (Å²) in [7, 11) is -1.68.